The number of nitro groups is 1. The van der Waals surface area contributed by atoms with Crippen LogP contribution in [0.1, 0.15) is 16.3 Å². The van der Waals surface area contributed by atoms with Gasteiger partial charge >= 0.3 is 0 Å². The molecule has 0 aliphatic carbocycles. The normalized spacial score (nSPS) is 10.6. The summed E-state index contributed by atoms with van der Waals surface area (Å²) in [6.45, 7) is 2.99. The van der Waals surface area contributed by atoms with Crippen molar-refractivity contribution in [3.63, 3.8) is 0 Å². The maximum absolute atomic E-state index is 10.9. The van der Waals surface area contributed by atoms with Gasteiger partial charge in [-0.25, -0.2) is 4.98 Å². The van der Waals surface area contributed by atoms with Gasteiger partial charge in [-0.1, -0.05) is 15.9 Å². The van der Waals surface area contributed by atoms with Gasteiger partial charge in [0, 0.05) is 34.6 Å². The van der Waals surface area contributed by atoms with Crippen LogP contribution < -0.4 is 5.32 Å². The number of nitrogens with zero attached hydrogens (tertiary/aromatic N) is 2. The molecule has 0 amide bonds. The molecule has 19 heavy (non-hydrogen) atoms. The third kappa shape index (κ3) is 3.82. The predicted molar refractivity (Wildman–Crippen MR) is 78.2 cm³/mol. The molecule has 0 saturated heterocycles. The van der Waals surface area contributed by atoms with Gasteiger partial charge in [0.15, 0.2) is 0 Å². The first-order valence-electron chi connectivity index (χ1n) is 5.61. The molecule has 1 heterocycles. The zero-order valence-electron chi connectivity index (χ0n) is 10.2. The van der Waals surface area contributed by atoms with Crippen LogP contribution in [0.4, 0.5) is 5.69 Å². The van der Waals surface area contributed by atoms with Crippen molar-refractivity contribution >= 4 is 33.0 Å². The molecule has 0 unspecified atom stereocenters. The van der Waals surface area contributed by atoms with E-state index in [4.69, 9.17) is 0 Å². The van der Waals surface area contributed by atoms with E-state index in [1.165, 1.54) is 6.07 Å². The van der Waals surface area contributed by atoms with Gasteiger partial charge in [0.2, 0.25) is 0 Å². The van der Waals surface area contributed by atoms with E-state index in [2.05, 4.69) is 26.2 Å². The molecule has 1 aromatic carbocycles. The van der Waals surface area contributed by atoms with Crippen LogP contribution in [0.5, 0.6) is 0 Å². The molecule has 0 fully saturated rings. The summed E-state index contributed by atoms with van der Waals surface area (Å²) in [4.78, 5) is 14.9. The van der Waals surface area contributed by atoms with Crippen molar-refractivity contribution in [3.05, 3.63) is 54.4 Å². The fourth-order valence-electron chi connectivity index (χ4n) is 1.69. The van der Waals surface area contributed by atoms with Crippen molar-refractivity contribution in [2.45, 2.75) is 20.0 Å². The fourth-order valence-corrected chi connectivity index (χ4v) is 2.71. The van der Waals surface area contributed by atoms with Crippen LogP contribution in [-0.2, 0) is 13.1 Å². The molecule has 0 saturated carbocycles. The molecular weight excluding hydrogens is 330 g/mol. The average molecular weight is 342 g/mol. The zero-order valence-corrected chi connectivity index (χ0v) is 12.6. The molecule has 0 radical (unpaired) electrons. The maximum Gasteiger partial charge on any atom is 0.273 e. The van der Waals surface area contributed by atoms with Crippen molar-refractivity contribution in [2.75, 3.05) is 0 Å². The Bertz CT molecular complexity index is 600. The highest BCUT2D eigenvalue weighted by atomic mass is 79.9. The third-order valence-corrected chi connectivity index (χ3v) is 3.84. The Morgan fingerprint density at radius 1 is 1.47 bits per heavy atom. The van der Waals surface area contributed by atoms with Crippen molar-refractivity contribution < 1.29 is 4.92 Å². The number of aromatic nitrogens is 1. The Morgan fingerprint density at radius 2 is 2.26 bits per heavy atom. The van der Waals surface area contributed by atoms with Crippen LogP contribution in [0.25, 0.3) is 0 Å². The number of thiazole rings is 1. The zero-order chi connectivity index (χ0) is 13.8. The van der Waals surface area contributed by atoms with E-state index in [9.17, 15) is 10.1 Å². The van der Waals surface area contributed by atoms with Crippen LogP contribution >= 0.6 is 27.3 Å². The highest BCUT2D eigenvalue weighted by Crippen LogP contribution is 2.22. The van der Waals surface area contributed by atoms with Gasteiger partial charge in [0.25, 0.3) is 5.69 Å². The Kier molecular flexibility index (Phi) is 4.62. The van der Waals surface area contributed by atoms with Crippen LogP contribution in [0, 0.1) is 17.0 Å². The summed E-state index contributed by atoms with van der Waals surface area (Å²) in [5, 5.41) is 17.1. The minimum absolute atomic E-state index is 0.130. The molecule has 5 nitrogen and oxygen atoms in total. The van der Waals surface area contributed by atoms with Crippen molar-refractivity contribution in [1.82, 2.24) is 10.3 Å². The number of rotatable bonds is 5. The maximum atomic E-state index is 10.9. The van der Waals surface area contributed by atoms with E-state index in [-0.39, 0.29) is 10.6 Å². The first-order valence-corrected chi connectivity index (χ1v) is 7.28. The monoisotopic (exact) mass is 341 g/mol. The van der Waals surface area contributed by atoms with Gasteiger partial charge in [-0.05, 0) is 19.1 Å². The van der Waals surface area contributed by atoms with Gasteiger partial charge in [0.05, 0.1) is 15.6 Å². The largest absolute Gasteiger partial charge is 0.307 e. The SMILES string of the molecule is Cc1nc(CNCc2cc(Br)ccc2[N+](=O)[O-])cs1. The van der Waals surface area contributed by atoms with E-state index in [1.807, 2.05) is 12.3 Å². The highest BCUT2D eigenvalue weighted by Gasteiger charge is 2.13. The van der Waals surface area contributed by atoms with Crippen molar-refractivity contribution in [2.24, 2.45) is 0 Å². The number of nitrogens with one attached hydrogen (secondary N) is 1. The lowest BCUT2D eigenvalue weighted by Crippen LogP contribution is -2.14. The van der Waals surface area contributed by atoms with Crippen LogP contribution in [-0.4, -0.2) is 9.91 Å². The summed E-state index contributed by atoms with van der Waals surface area (Å²) in [5.74, 6) is 0. The van der Waals surface area contributed by atoms with E-state index in [1.54, 1.807) is 23.5 Å². The number of hydrogen-bond donors (Lipinski definition) is 1. The number of nitro benzene ring substituents is 1. The lowest BCUT2D eigenvalue weighted by atomic mass is 10.2. The summed E-state index contributed by atoms with van der Waals surface area (Å²) in [6, 6.07) is 4.94. The van der Waals surface area contributed by atoms with Crippen LogP contribution in [0.2, 0.25) is 0 Å². The topological polar surface area (TPSA) is 68.1 Å². The van der Waals surface area contributed by atoms with E-state index in [0.717, 1.165) is 15.2 Å². The molecule has 2 aromatic rings. The average Bonchev–Trinajstić information content (AvgIpc) is 2.75. The minimum atomic E-state index is -0.365. The lowest BCUT2D eigenvalue weighted by Gasteiger charge is -2.05. The second kappa shape index (κ2) is 6.23. The molecular formula is C12H12BrN3O2S. The Hall–Kier alpha value is -1.31. The standard InChI is InChI=1S/C12H12BrN3O2S/c1-8-15-11(7-19-8)6-14-5-9-4-10(13)2-3-12(9)16(17)18/h2-4,7,14H,5-6H2,1H3. The summed E-state index contributed by atoms with van der Waals surface area (Å²) < 4.78 is 0.833. The van der Waals surface area contributed by atoms with Crippen LogP contribution in [0.15, 0.2) is 28.1 Å². The molecule has 1 N–H and O–H groups in total. The Balaban J connectivity index is 2.02. The molecule has 0 bridgehead atoms. The van der Waals surface area contributed by atoms with Crippen molar-refractivity contribution in [3.8, 4) is 0 Å². The predicted octanol–water partition coefficient (Wildman–Crippen LogP) is 3.41. The third-order valence-electron chi connectivity index (χ3n) is 2.53. The van der Waals surface area contributed by atoms with Gasteiger partial charge < -0.3 is 5.32 Å². The Morgan fingerprint density at radius 3 is 2.89 bits per heavy atom. The van der Waals surface area contributed by atoms with Gasteiger partial charge in [-0.3, -0.25) is 10.1 Å². The van der Waals surface area contributed by atoms with Gasteiger partial charge in [0.1, 0.15) is 0 Å². The summed E-state index contributed by atoms with van der Waals surface area (Å²) >= 11 is 4.92. The number of aryl methyl sites for hydroxylation is 1. The molecule has 2 rings (SSSR count). The van der Waals surface area contributed by atoms with Crippen LogP contribution in [0.3, 0.4) is 0 Å². The van der Waals surface area contributed by atoms with E-state index >= 15 is 0 Å². The molecule has 100 valence electrons. The summed E-state index contributed by atoms with van der Waals surface area (Å²) in [6.07, 6.45) is 0. The number of halogens is 1. The molecule has 0 spiro atoms. The van der Waals surface area contributed by atoms with E-state index < -0.39 is 0 Å². The quantitative estimate of drug-likeness (QED) is 0.668. The second-order valence-corrected chi connectivity index (χ2v) is 5.97. The summed E-state index contributed by atoms with van der Waals surface area (Å²) in [5.41, 5.74) is 1.75. The molecule has 1 aromatic heterocycles. The molecule has 7 heteroatoms. The summed E-state index contributed by atoms with van der Waals surface area (Å²) in [7, 11) is 0. The smallest absolute Gasteiger partial charge is 0.273 e. The van der Waals surface area contributed by atoms with E-state index in [0.29, 0.717) is 18.7 Å². The lowest BCUT2D eigenvalue weighted by molar-refractivity contribution is -0.385. The number of hydrogen-bond acceptors (Lipinski definition) is 5. The fraction of sp³-hybridized carbons (Fsp3) is 0.250. The Labute approximate surface area is 123 Å². The minimum Gasteiger partial charge on any atom is -0.307 e. The van der Waals surface area contributed by atoms with Gasteiger partial charge in [-0.15, -0.1) is 11.3 Å². The first kappa shape index (κ1) is 14.1. The van der Waals surface area contributed by atoms with Gasteiger partial charge in [-0.2, -0.15) is 0 Å². The highest BCUT2D eigenvalue weighted by molar-refractivity contribution is 9.10. The molecule has 0 atom stereocenters. The number of benzene rings is 1. The van der Waals surface area contributed by atoms with Crippen molar-refractivity contribution in [1.29, 1.82) is 0 Å². The molecule has 0 aliphatic rings. The first-order chi connectivity index (χ1) is 9.06. The molecule has 0 aliphatic heterocycles. The second-order valence-electron chi connectivity index (χ2n) is 3.99.